The smallest absolute Gasteiger partial charge is 0.0422 e. The van der Waals surface area contributed by atoms with Crippen molar-refractivity contribution >= 4 is 5.69 Å². The van der Waals surface area contributed by atoms with Crippen molar-refractivity contribution in [2.24, 2.45) is 0 Å². The first kappa shape index (κ1) is 9.53. The van der Waals surface area contributed by atoms with E-state index in [2.05, 4.69) is 54.4 Å². The van der Waals surface area contributed by atoms with Crippen molar-refractivity contribution in [3.05, 3.63) is 30.3 Å². The fourth-order valence-electron chi connectivity index (χ4n) is 1.91. The van der Waals surface area contributed by atoms with Crippen LogP contribution in [0.2, 0.25) is 0 Å². The van der Waals surface area contributed by atoms with Crippen LogP contribution in [0, 0.1) is 0 Å². The average molecular weight is 190 g/mol. The third-order valence-electron chi connectivity index (χ3n) is 2.57. The van der Waals surface area contributed by atoms with Gasteiger partial charge in [-0.25, -0.2) is 0 Å². The van der Waals surface area contributed by atoms with E-state index in [0.29, 0.717) is 12.1 Å². The molecule has 0 saturated carbocycles. The molecule has 1 fully saturated rings. The second kappa shape index (κ2) is 4.01. The standard InChI is InChI=1S/C12H18N2/c1-10(2)13-11-8-14(9-11)12-6-4-3-5-7-12/h3-7,10-11,13H,8-9H2,1-2H3. The van der Waals surface area contributed by atoms with Gasteiger partial charge in [0.2, 0.25) is 0 Å². The monoisotopic (exact) mass is 190 g/mol. The minimum atomic E-state index is 0.595. The number of hydrogen-bond donors (Lipinski definition) is 1. The van der Waals surface area contributed by atoms with Crippen LogP contribution in [0.25, 0.3) is 0 Å². The lowest BCUT2D eigenvalue weighted by molar-refractivity contribution is 0.389. The van der Waals surface area contributed by atoms with Crippen molar-refractivity contribution in [3.63, 3.8) is 0 Å². The van der Waals surface area contributed by atoms with Gasteiger partial charge in [-0.3, -0.25) is 0 Å². The molecule has 0 unspecified atom stereocenters. The van der Waals surface area contributed by atoms with E-state index in [1.54, 1.807) is 0 Å². The summed E-state index contributed by atoms with van der Waals surface area (Å²) in [5, 5.41) is 3.54. The summed E-state index contributed by atoms with van der Waals surface area (Å²) in [6.45, 7) is 6.68. The SMILES string of the molecule is CC(C)NC1CN(c2ccccc2)C1. The molecule has 0 spiro atoms. The van der Waals surface area contributed by atoms with E-state index in [4.69, 9.17) is 0 Å². The fraction of sp³-hybridized carbons (Fsp3) is 0.500. The van der Waals surface area contributed by atoms with Gasteiger partial charge in [0.1, 0.15) is 0 Å². The lowest BCUT2D eigenvalue weighted by Crippen LogP contribution is -2.59. The third kappa shape index (κ3) is 2.07. The molecule has 1 N–H and O–H groups in total. The van der Waals surface area contributed by atoms with Crippen LogP contribution in [0.3, 0.4) is 0 Å². The second-order valence-corrected chi connectivity index (χ2v) is 4.26. The van der Waals surface area contributed by atoms with E-state index < -0.39 is 0 Å². The zero-order valence-electron chi connectivity index (χ0n) is 8.90. The number of nitrogens with one attached hydrogen (secondary N) is 1. The number of para-hydroxylation sites is 1. The molecule has 1 saturated heterocycles. The maximum Gasteiger partial charge on any atom is 0.0422 e. The molecule has 14 heavy (non-hydrogen) atoms. The predicted octanol–water partition coefficient (Wildman–Crippen LogP) is 1.87. The number of rotatable bonds is 3. The molecule has 0 radical (unpaired) electrons. The summed E-state index contributed by atoms with van der Waals surface area (Å²) in [5.74, 6) is 0. The summed E-state index contributed by atoms with van der Waals surface area (Å²) < 4.78 is 0. The molecule has 0 atom stereocenters. The number of nitrogens with zero attached hydrogens (tertiary/aromatic N) is 1. The van der Waals surface area contributed by atoms with Crippen molar-refractivity contribution in [3.8, 4) is 0 Å². The molecule has 1 aromatic rings. The number of hydrogen-bond acceptors (Lipinski definition) is 2. The van der Waals surface area contributed by atoms with Crippen molar-refractivity contribution < 1.29 is 0 Å². The normalized spacial score (nSPS) is 17.2. The fourth-order valence-corrected chi connectivity index (χ4v) is 1.91. The zero-order valence-corrected chi connectivity index (χ0v) is 8.90. The Morgan fingerprint density at radius 2 is 1.86 bits per heavy atom. The van der Waals surface area contributed by atoms with Gasteiger partial charge in [-0.1, -0.05) is 32.0 Å². The first-order valence-corrected chi connectivity index (χ1v) is 5.32. The molecular formula is C12H18N2. The Kier molecular flexibility index (Phi) is 2.73. The summed E-state index contributed by atoms with van der Waals surface area (Å²) in [7, 11) is 0. The van der Waals surface area contributed by atoms with Crippen LogP contribution in [-0.2, 0) is 0 Å². The summed E-state index contributed by atoms with van der Waals surface area (Å²) in [4.78, 5) is 2.40. The zero-order chi connectivity index (χ0) is 9.97. The third-order valence-corrected chi connectivity index (χ3v) is 2.57. The van der Waals surface area contributed by atoms with E-state index in [-0.39, 0.29) is 0 Å². The average Bonchev–Trinajstić information content (AvgIpc) is 2.12. The molecule has 0 amide bonds. The highest BCUT2D eigenvalue weighted by molar-refractivity contribution is 5.49. The molecule has 1 aliphatic heterocycles. The Balaban J connectivity index is 1.83. The van der Waals surface area contributed by atoms with Crippen LogP contribution in [0.15, 0.2) is 30.3 Å². The Bertz CT molecular complexity index is 276. The van der Waals surface area contributed by atoms with Gasteiger partial charge in [-0.05, 0) is 12.1 Å². The van der Waals surface area contributed by atoms with Crippen LogP contribution < -0.4 is 10.2 Å². The van der Waals surface area contributed by atoms with Gasteiger partial charge < -0.3 is 10.2 Å². The summed E-state index contributed by atoms with van der Waals surface area (Å²) >= 11 is 0. The number of anilines is 1. The van der Waals surface area contributed by atoms with Crippen molar-refractivity contribution in [2.45, 2.75) is 25.9 Å². The van der Waals surface area contributed by atoms with Crippen LogP contribution >= 0.6 is 0 Å². The van der Waals surface area contributed by atoms with Crippen LogP contribution in [0.4, 0.5) is 5.69 Å². The molecular weight excluding hydrogens is 172 g/mol. The first-order chi connectivity index (χ1) is 6.75. The topological polar surface area (TPSA) is 15.3 Å². The lowest BCUT2D eigenvalue weighted by atomic mass is 10.1. The molecule has 0 aliphatic carbocycles. The highest BCUT2D eigenvalue weighted by atomic mass is 15.3. The quantitative estimate of drug-likeness (QED) is 0.783. The molecule has 1 heterocycles. The van der Waals surface area contributed by atoms with Gasteiger partial charge in [-0.15, -0.1) is 0 Å². The first-order valence-electron chi connectivity index (χ1n) is 5.32. The van der Waals surface area contributed by atoms with E-state index in [0.717, 1.165) is 13.1 Å². The van der Waals surface area contributed by atoms with E-state index in [1.165, 1.54) is 5.69 Å². The maximum atomic E-state index is 3.54. The summed E-state index contributed by atoms with van der Waals surface area (Å²) in [6.07, 6.45) is 0. The maximum absolute atomic E-state index is 3.54. The lowest BCUT2D eigenvalue weighted by Gasteiger charge is -2.42. The molecule has 1 aliphatic rings. The Morgan fingerprint density at radius 3 is 2.43 bits per heavy atom. The van der Waals surface area contributed by atoms with Crippen LogP contribution in [0.1, 0.15) is 13.8 Å². The minimum Gasteiger partial charge on any atom is -0.368 e. The van der Waals surface area contributed by atoms with Crippen LogP contribution in [0.5, 0.6) is 0 Å². The number of benzene rings is 1. The second-order valence-electron chi connectivity index (χ2n) is 4.26. The van der Waals surface area contributed by atoms with Crippen molar-refractivity contribution in [2.75, 3.05) is 18.0 Å². The molecule has 2 heteroatoms. The molecule has 76 valence electrons. The van der Waals surface area contributed by atoms with Gasteiger partial charge in [0.05, 0.1) is 0 Å². The largest absolute Gasteiger partial charge is 0.368 e. The predicted molar refractivity (Wildman–Crippen MR) is 60.7 cm³/mol. The van der Waals surface area contributed by atoms with Gasteiger partial charge >= 0.3 is 0 Å². The van der Waals surface area contributed by atoms with Gasteiger partial charge in [0, 0.05) is 30.9 Å². The molecule has 0 aromatic heterocycles. The van der Waals surface area contributed by atoms with E-state index >= 15 is 0 Å². The van der Waals surface area contributed by atoms with Crippen LogP contribution in [-0.4, -0.2) is 25.2 Å². The van der Waals surface area contributed by atoms with Gasteiger partial charge in [-0.2, -0.15) is 0 Å². The van der Waals surface area contributed by atoms with Gasteiger partial charge in [0.15, 0.2) is 0 Å². The van der Waals surface area contributed by atoms with Gasteiger partial charge in [0.25, 0.3) is 0 Å². The summed E-state index contributed by atoms with van der Waals surface area (Å²) in [6, 6.07) is 11.9. The molecule has 2 nitrogen and oxygen atoms in total. The minimum absolute atomic E-state index is 0.595. The Labute approximate surface area is 85.9 Å². The highest BCUT2D eigenvalue weighted by Gasteiger charge is 2.26. The Morgan fingerprint density at radius 1 is 1.21 bits per heavy atom. The summed E-state index contributed by atoms with van der Waals surface area (Å²) in [5.41, 5.74) is 1.34. The van der Waals surface area contributed by atoms with E-state index in [9.17, 15) is 0 Å². The Hall–Kier alpha value is -1.02. The highest BCUT2D eigenvalue weighted by Crippen LogP contribution is 2.19. The van der Waals surface area contributed by atoms with E-state index in [1.807, 2.05) is 0 Å². The molecule has 1 aromatic carbocycles. The van der Waals surface area contributed by atoms with Crippen molar-refractivity contribution in [1.82, 2.24) is 5.32 Å². The van der Waals surface area contributed by atoms with Crippen molar-refractivity contribution in [1.29, 1.82) is 0 Å². The molecule has 2 rings (SSSR count). The molecule has 0 bridgehead atoms.